The molecule has 1 fully saturated rings. The lowest BCUT2D eigenvalue weighted by Crippen LogP contribution is -2.55. The number of guanidine groups is 1. The van der Waals surface area contributed by atoms with Crippen molar-refractivity contribution in [3.63, 3.8) is 0 Å². The molecule has 1 aliphatic rings. The summed E-state index contributed by atoms with van der Waals surface area (Å²) in [6.07, 6.45) is 0. The smallest absolute Gasteiger partial charge is 0.241 e. The third-order valence-corrected chi connectivity index (χ3v) is 3.49. The second-order valence-electron chi connectivity index (χ2n) is 5.66. The lowest BCUT2D eigenvalue weighted by atomic mass is 10.1. The first kappa shape index (κ1) is 17.3. The Bertz CT molecular complexity index is 398. The summed E-state index contributed by atoms with van der Waals surface area (Å²) in [7, 11) is 5.15. The molecule has 120 valence electrons. The number of amides is 2. The number of rotatable bonds is 3. The molecule has 0 atom stereocenters. The Balaban J connectivity index is 2.48. The molecular formula is C14H27N5O2. The highest BCUT2D eigenvalue weighted by molar-refractivity contribution is 5.86. The molecule has 7 nitrogen and oxygen atoms in total. The van der Waals surface area contributed by atoms with E-state index in [-0.39, 0.29) is 24.3 Å². The van der Waals surface area contributed by atoms with Gasteiger partial charge < -0.3 is 20.0 Å². The topological polar surface area (TPSA) is 68.2 Å². The van der Waals surface area contributed by atoms with Gasteiger partial charge in [-0.3, -0.25) is 14.6 Å². The van der Waals surface area contributed by atoms with Crippen LogP contribution in [-0.4, -0.2) is 86.3 Å². The van der Waals surface area contributed by atoms with Crippen molar-refractivity contribution in [3.05, 3.63) is 0 Å². The quantitative estimate of drug-likeness (QED) is 0.561. The maximum absolute atomic E-state index is 11.9. The predicted octanol–water partition coefficient (Wildman–Crippen LogP) is -0.550. The predicted molar refractivity (Wildman–Crippen MR) is 83.0 cm³/mol. The molecule has 1 heterocycles. The minimum absolute atomic E-state index is 0.00442. The zero-order chi connectivity index (χ0) is 16.0. The Kier molecular flexibility index (Phi) is 6.45. The molecule has 0 aromatic rings. The maximum atomic E-state index is 11.9. The zero-order valence-electron chi connectivity index (χ0n) is 13.7. The normalized spacial score (nSPS) is 16.2. The first-order valence-corrected chi connectivity index (χ1v) is 7.31. The summed E-state index contributed by atoms with van der Waals surface area (Å²) in [6.45, 7) is 6.91. The van der Waals surface area contributed by atoms with Gasteiger partial charge in [0.2, 0.25) is 11.8 Å². The van der Waals surface area contributed by atoms with Gasteiger partial charge in [0.25, 0.3) is 0 Å². The number of nitrogens with one attached hydrogen (secondary N) is 1. The van der Waals surface area contributed by atoms with Crippen LogP contribution in [0.1, 0.15) is 13.8 Å². The number of carbonyl (C=O) groups is 2. The van der Waals surface area contributed by atoms with Crippen LogP contribution >= 0.6 is 0 Å². The van der Waals surface area contributed by atoms with Crippen molar-refractivity contribution in [1.29, 1.82) is 0 Å². The molecule has 0 aromatic heterocycles. The van der Waals surface area contributed by atoms with Crippen LogP contribution in [-0.2, 0) is 9.59 Å². The highest BCUT2D eigenvalue weighted by Crippen LogP contribution is 2.07. The minimum Gasteiger partial charge on any atom is -0.347 e. The van der Waals surface area contributed by atoms with Crippen LogP contribution in [0.2, 0.25) is 0 Å². The highest BCUT2D eigenvalue weighted by Gasteiger charge is 2.24. The number of carbonyl (C=O) groups excluding carboxylic acids is 2. The molecule has 21 heavy (non-hydrogen) atoms. The van der Waals surface area contributed by atoms with Crippen LogP contribution in [0, 0.1) is 5.92 Å². The number of hydrogen-bond acceptors (Lipinski definition) is 3. The van der Waals surface area contributed by atoms with Gasteiger partial charge in [0, 0.05) is 53.2 Å². The molecule has 0 saturated carbocycles. The first-order valence-electron chi connectivity index (χ1n) is 7.31. The fourth-order valence-electron chi connectivity index (χ4n) is 2.15. The third-order valence-electron chi connectivity index (χ3n) is 3.49. The first-order chi connectivity index (χ1) is 9.86. The van der Waals surface area contributed by atoms with Gasteiger partial charge in [-0.1, -0.05) is 13.8 Å². The highest BCUT2D eigenvalue weighted by atomic mass is 16.2. The molecule has 0 spiro atoms. The van der Waals surface area contributed by atoms with Crippen LogP contribution < -0.4 is 5.32 Å². The van der Waals surface area contributed by atoms with Gasteiger partial charge in [0.05, 0.1) is 6.54 Å². The van der Waals surface area contributed by atoms with Crippen molar-refractivity contribution in [1.82, 2.24) is 20.0 Å². The SMILES string of the molecule is CN=C(NCC(=O)N(C)C)N1CCN(C(=O)C(C)C)CC1. The van der Waals surface area contributed by atoms with Crippen LogP contribution in [0.25, 0.3) is 0 Å². The molecule has 0 bridgehead atoms. The van der Waals surface area contributed by atoms with Crippen molar-refractivity contribution in [2.24, 2.45) is 10.9 Å². The van der Waals surface area contributed by atoms with Crippen molar-refractivity contribution in [2.75, 3.05) is 53.9 Å². The summed E-state index contributed by atoms with van der Waals surface area (Å²) in [5, 5.41) is 3.07. The monoisotopic (exact) mass is 297 g/mol. The van der Waals surface area contributed by atoms with Gasteiger partial charge >= 0.3 is 0 Å². The average Bonchev–Trinajstić information content (AvgIpc) is 2.47. The van der Waals surface area contributed by atoms with Crippen LogP contribution in [0.5, 0.6) is 0 Å². The second kappa shape index (κ2) is 7.85. The van der Waals surface area contributed by atoms with Gasteiger partial charge in [0.1, 0.15) is 0 Å². The number of nitrogens with zero attached hydrogens (tertiary/aromatic N) is 4. The van der Waals surface area contributed by atoms with E-state index in [2.05, 4.69) is 15.2 Å². The molecule has 1 N–H and O–H groups in total. The number of aliphatic imine (C=N–C) groups is 1. The van der Waals surface area contributed by atoms with Crippen LogP contribution in [0.15, 0.2) is 4.99 Å². The van der Waals surface area contributed by atoms with E-state index in [0.29, 0.717) is 19.0 Å². The summed E-state index contributed by atoms with van der Waals surface area (Å²) < 4.78 is 0. The molecule has 0 aliphatic carbocycles. The van der Waals surface area contributed by atoms with E-state index in [4.69, 9.17) is 0 Å². The minimum atomic E-state index is 0.00442. The largest absolute Gasteiger partial charge is 0.347 e. The van der Waals surface area contributed by atoms with E-state index in [1.807, 2.05) is 18.7 Å². The zero-order valence-corrected chi connectivity index (χ0v) is 13.7. The number of likely N-dealkylation sites (N-methyl/N-ethyl adjacent to an activating group) is 1. The fraction of sp³-hybridized carbons (Fsp3) is 0.786. The van der Waals surface area contributed by atoms with Crippen molar-refractivity contribution < 1.29 is 9.59 Å². The molecule has 1 aliphatic heterocycles. The standard InChI is InChI=1S/C14H27N5O2/c1-11(2)13(21)18-6-8-19(9-7-18)14(15-3)16-10-12(20)17(4)5/h11H,6-10H2,1-5H3,(H,15,16). The second-order valence-corrected chi connectivity index (χ2v) is 5.66. The van der Waals surface area contributed by atoms with Crippen molar-refractivity contribution in [3.8, 4) is 0 Å². The summed E-state index contributed by atoms with van der Waals surface area (Å²) in [4.78, 5) is 33.3. The Morgan fingerprint density at radius 2 is 1.67 bits per heavy atom. The third kappa shape index (κ3) is 4.91. The lowest BCUT2D eigenvalue weighted by Gasteiger charge is -2.37. The van der Waals surface area contributed by atoms with Crippen LogP contribution in [0.4, 0.5) is 0 Å². The summed E-state index contributed by atoms with van der Waals surface area (Å²) in [5.41, 5.74) is 0. The van der Waals surface area contributed by atoms with Gasteiger partial charge in [-0.25, -0.2) is 0 Å². The van der Waals surface area contributed by atoms with Gasteiger partial charge in [-0.05, 0) is 0 Å². The van der Waals surface area contributed by atoms with Gasteiger partial charge in [-0.15, -0.1) is 0 Å². The van der Waals surface area contributed by atoms with Crippen molar-refractivity contribution in [2.45, 2.75) is 13.8 Å². The summed E-state index contributed by atoms with van der Waals surface area (Å²) in [6, 6.07) is 0. The Hall–Kier alpha value is -1.79. The van der Waals surface area contributed by atoms with Gasteiger partial charge in [-0.2, -0.15) is 0 Å². The molecule has 0 unspecified atom stereocenters. The Labute approximate surface area is 127 Å². The summed E-state index contributed by atoms with van der Waals surface area (Å²) >= 11 is 0. The van der Waals surface area contributed by atoms with E-state index in [9.17, 15) is 9.59 Å². The molecule has 1 saturated heterocycles. The number of hydrogen-bond donors (Lipinski definition) is 1. The van der Waals surface area contributed by atoms with E-state index in [1.54, 1.807) is 26.0 Å². The van der Waals surface area contributed by atoms with Crippen LogP contribution in [0.3, 0.4) is 0 Å². The Morgan fingerprint density at radius 3 is 2.10 bits per heavy atom. The van der Waals surface area contributed by atoms with Crippen molar-refractivity contribution >= 4 is 17.8 Å². The molecule has 7 heteroatoms. The van der Waals surface area contributed by atoms with E-state index >= 15 is 0 Å². The fourth-order valence-corrected chi connectivity index (χ4v) is 2.15. The molecule has 0 radical (unpaired) electrons. The molecule has 2 amide bonds. The average molecular weight is 297 g/mol. The summed E-state index contributed by atoms with van der Waals surface area (Å²) in [5.74, 6) is 0.943. The van der Waals surface area contributed by atoms with E-state index < -0.39 is 0 Å². The van der Waals surface area contributed by atoms with Gasteiger partial charge in [0.15, 0.2) is 5.96 Å². The molecular weight excluding hydrogens is 270 g/mol. The lowest BCUT2D eigenvalue weighted by molar-refractivity contribution is -0.135. The maximum Gasteiger partial charge on any atom is 0.241 e. The Morgan fingerprint density at radius 1 is 1.14 bits per heavy atom. The number of piperazine rings is 1. The van der Waals surface area contributed by atoms with E-state index in [0.717, 1.165) is 13.1 Å². The van der Waals surface area contributed by atoms with E-state index in [1.165, 1.54) is 0 Å². The molecule has 1 rings (SSSR count). The molecule has 0 aromatic carbocycles.